The van der Waals surface area contributed by atoms with Crippen LogP contribution in [-0.2, 0) is 19.5 Å². The molecule has 0 aromatic carbocycles. The lowest BCUT2D eigenvalue weighted by Gasteiger charge is -2.35. The molecule has 1 aliphatic heterocycles. The van der Waals surface area contributed by atoms with Crippen LogP contribution in [0.3, 0.4) is 0 Å². The Kier molecular flexibility index (Phi) is 5.19. The fourth-order valence-electron chi connectivity index (χ4n) is 2.70. The highest BCUT2D eigenvalue weighted by atomic mass is 32.2. The average molecular weight is 292 g/mol. The summed E-state index contributed by atoms with van der Waals surface area (Å²) in [5.74, 6) is -0.296. The summed E-state index contributed by atoms with van der Waals surface area (Å²) in [6.07, 6.45) is 6.00. The van der Waals surface area contributed by atoms with Crippen LogP contribution in [0.5, 0.6) is 0 Å². The van der Waals surface area contributed by atoms with E-state index < -0.39 is 10.0 Å². The van der Waals surface area contributed by atoms with Crippen LogP contribution in [0.15, 0.2) is 0 Å². The van der Waals surface area contributed by atoms with Gasteiger partial charge in [0, 0.05) is 25.4 Å². The first-order valence-corrected chi connectivity index (χ1v) is 8.84. The lowest BCUT2D eigenvalue weighted by molar-refractivity contribution is -0.179. The van der Waals surface area contributed by atoms with Gasteiger partial charge in [0.25, 0.3) is 0 Å². The van der Waals surface area contributed by atoms with Crippen molar-refractivity contribution in [1.29, 1.82) is 0 Å². The number of sulfonamides is 1. The smallest absolute Gasteiger partial charge is 0.208 e. The van der Waals surface area contributed by atoms with Crippen molar-refractivity contribution in [2.75, 3.05) is 32.6 Å². The van der Waals surface area contributed by atoms with Crippen molar-refractivity contribution in [3.05, 3.63) is 0 Å². The molecule has 0 atom stereocenters. The largest absolute Gasteiger partial charge is 0.348 e. The van der Waals surface area contributed by atoms with Crippen molar-refractivity contribution in [2.24, 2.45) is 0 Å². The van der Waals surface area contributed by atoms with Crippen molar-refractivity contribution in [2.45, 2.75) is 43.9 Å². The molecule has 0 bridgehead atoms. The predicted molar refractivity (Wildman–Crippen MR) is 72.4 cm³/mol. The Morgan fingerprint density at radius 3 is 2.37 bits per heavy atom. The standard InChI is InChI=1S/C12H24N2O4S/c1-19(15,16)14-8-2-7-13-11-3-5-12(6-4-11)17-9-10-18-12/h11,13-14H,2-10H2,1H3. The third-order valence-electron chi connectivity index (χ3n) is 3.71. The molecular weight excluding hydrogens is 268 g/mol. The fraction of sp³-hybridized carbons (Fsp3) is 1.00. The van der Waals surface area contributed by atoms with E-state index in [0.717, 1.165) is 51.9 Å². The lowest BCUT2D eigenvalue weighted by Crippen LogP contribution is -2.42. The molecule has 0 amide bonds. The molecule has 1 aliphatic carbocycles. The first-order chi connectivity index (χ1) is 8.99. The van der Waals surface area contributed by atoms with E-state index in [1.807, 2.05) is 0 Å². The Labute approximate surface area is 115 Å². The lowest BCUT2D eigenvalue weighted by atomic mass is 9.90. The number of rotatable bonds is 6. The Bertz CT molecular complexity index is 369. The van der Waals surface area contributed by atoms with Crippen molar-refractivity contribution >= 4 is 10.0 Å². The maximum atomic E-state index is 10.9. The average Bonchev–Trinajstić information content (AvgIpc) is 2.79. The highest BCUT2D eigenvalue weighted by Crippen LogP contribution is 2.35. The maximum Gasteiger partial charge on any atom is 0.208 e. The highest BCUT2D eigenvalue weighted by Gasteiger charge is 2.39. The molecule has 0 aromatic rings. The molecule has 0 unspecified atom stereocenters. The van der Waals surface area contributed by atoms with Crippen LogP contribution in [0.2, 0.25) is 0 Å². The molecule has 0 radical (unpaired) electrons. The van der Waals surface area contributed by atoms with E-state index in [2.05, 4.69) is 10.0 Å². The van der Waals surface area contributed by atoms with Gasteiger partial charge < -0.3 is 14.8 Å². The second kappa shape index (κ2) is 6.49. The third-order valence-corrected chi connectivity index (χ3v) is 4.44. The van der Waals surface area contributed by atoms with E-state index in [-0.39, 0.29) is 5.79 Å². The number of ether oxygens (including phenoxy) is 2. The normalized spacial score (nSPS) is 24.1. The maximum absolute atomic E-state index is 10.9. The molecule has 2 N–H and O–H groups in total. The quantitative estimate of drug-likeness (QED) is 0.684. The van der Waals surface area contributed by atoms with Gasteiger partial charge in [0.15, 0.2) is 5.79 Å². The summed E-state index contributed by atoms with van der Waals surface area (Å²) in [5, 5.41) is 3.47. The van der Waals surface area contributed by atoms with Crippen LogP contribution in [-0.4, -0.2) is 52.8 Å². The summed E-state index contributed by atoms with van der Waals surface area (Å²) in [7, 11) is -3.06. The zero-order valence-corrected chi connectivity index (χ0v) is 12.3. The summed E-state index contributed by atoms with van der Waals surface area (Å²) >= 11 is 0. The topological polar surface area (TPSA) is 76.7 Å². The molecule has 1 saturated carbocycles. The van der Waals surface area contributed by atoms with Gasteiger partial charge in [0.2, 0.25) is 10.0 Å². The predicted octanol–water partition coefficient (Wildman–Crippen LogP) is 0.201. The van der Waals surface area contributed by atoms with Crippen LogP contribution in [0, 0.1) is 0 Å². The van der Waals surface area contributed by atoms with Gasteiger partial charge in [-0.15, -0.1) is 0 Å². The van der Waals surface area contributed by atoms with Crippen molar-refractivity contribution in [3.8, 4) is 0 Å². The molecule has 0 aromatic heterocycles. The monoisotopic (exact) mass is 292 g/mol. The van der Waals surface area contributed by atoms with Crippen molar-refractivity contribution < 1.29 is 17.9 Å². The van der Waals surface area contributed by atoms with E-state index in [1.54, 1.807) is 0 Å². The van der Waals surface area contributed by atoms with Gasteiger partial charge >= 0.3 is 0 Å². The van der Waals surface area contributed by atoms with Gasteiger partial charge in [-0.25, -0.2) is 13.1 Å². The molecule has 19 heavy (non-hydrogen) atoms. The van der Waals surface area contributed by atoms with Crippen LogP contribution in [0.1, 0.15) is 32.1 Å². The van der Waals surface area contributed by atoms with Crippen LogP contribution < -0.4 is 10.0 Å². The first kappa shape index (κ1) is 15.2. The summed E-state index contributed by atoms with van der Waals surface area (Å²) < 4.78 is 35.6. The first-order valence-electron chi connectivity index (χ1n) is 6.95. The molecule has 1 spiro atoms. The van der Waals surface area contributed by atoms with E-state index in [1.165, 1.54) is 6.26 Å². The van der Waals surface area contributed by atoms with Gasteiger partial charge in [-0.05, 0) is 25.8 Å². The molecule has 1 heterocycles. The van der Waals surface area contributed by atoms with Crippen LogP contribution in [0.25, 0.3) is 0 Å². The fourth-order valence-corrected chi connectivity index (χ4v) is 3.21. The van der Waals surface area contributed by atoms with Crippen molar-refractivity contribution in [1.82, 2.24) is 10.0 Å². The zero-order valence-electron chi connectivity index (χ0n) is 11.5. The van der Waals surface area contributed by atoms with Crippen LogP contribution in [0.4, 0.5) is 0 Å². The summed E-state index contributed by atoms with van der Waals surface area (Å²) in [4.78, 5) is 0. The Hall–Kier alpha value is -0.210. The van der Waals surface area contributed by atoms with Crippen molar-refractivity contribution in [3.63, 3.8) is 0 Å². The minimum Gasteiger partial charge on any atom is -0.348 e. The SMILES string of the molecule is CS(=O)(=O)NCCCNC1CCC2(CC1)OCCO2. The Morgan fingerprint density at radius 2 is 1.79 bits per heavy atom. The summed E-state index contributed by atoms with van der Waals surface area (Å²) in [6, 6.07) is 0.497. The van der Waals surface area contributed by atoms with E-state index in [4.69, 9.17) is 9.47 Å². The van der Waals surface area contributed by atoms with Gasteiger partial charge in [-0.3, -0.25) is 0 Å². The second-order valence-corrected chi connectivity index (χ2v) is 7.19. The number of hydrogen-bond donors (Lipinski definition) is 2. The Morgan fingerprint density at radius 1 is 1.16 bits per heavy atom. The third kappa shape index (κ3) is 5.00. The van der Waals surface area contributed by atoms with E-state index >= 15 is 0 Å². The minimum absolute atomic E-state index is 0.296. The second-order valence-electron chi connectivity index (χ2n) is 5.36. The highest BCUT2D eigenvalue weighted by molar-refractivity contribution is 7.88. The minimum atomic E-state index is -3.06. The van der Waals surface area contributed by atoms with E-state index in [9.17, 15) is 8.42 Å². The molecule has 6 nitrogen and oxygen atoms in total. The molecule has 7 heteroatoms. The Balaban J connectivity index is 1.56. The molecule has 1 saturated heterocycles. The van der Waals surface area contributed by atoms with E-state index in [0.29, 0.717) is 12.6 Å². The van der Waals surface area contributed by atoms with Gasteiger partial charge in [-0.2, -0.15) is 0 Å². The van der Waals surface area contributed by atoms with Gasteiger partial charge in [0.05, 0.1) is 19.5 Å². The number of nitrogens with one attached hydrogen (secondary N) is 2. The number of hydrogen-bond acceptors (Lipinski definition) is 5. The molecule has 2 rings (SSSR count). The summed E-state index contributed by atoms with van der Waals surface area (Å²) in [5.41, 5.74) is 0. The molecule has 112 valence electrons. The van der Waals surface area contributed by atoms with Crippen LogP contribution >= 0.6 is 0 Å². The van der Waals surface area contributed by atoms with Gasteiger partial charge in [-0.1, -0.05) is 0 Å². The summed E-state index contributed by atoms with van der Waals surface area (Å²) in [6.45, 7) is 2.77. The van der Waals surface area contributed by atoms with Gasteiger partial charge in [0.1, 0.15) is 0 Å². The molecular formula is C12H24N2O4S. The molecule has 2 fully saturated rings. The zero-order chi connectivity index (χ0) is 13.8. The molecule has 2 aliphatic rings.